The van der Waals surface area contributed by atoms with E-state index < -0.39 is 0 Å². The summed E-state index contributed by atoms with van der Waals surface area (Å²) in [5, 5.41) is 3.13. The van der Waals surface area contributed by atoms with Crippen molar-refractivity contribution in [2.75, 3.05) is 14.2 Å². The zero-order valence-electron chi connectivity index (χ0n) is 12.1. The molecule has 108 valence electrons. The van der Waals surface area contributed by atoms with Gasteiger partial charge in [-0.15, -0.1) is 11.3 Å². The average Bonchev–Trinajstić information content (AvgIpc) is 2.94. The van der Waals surface area contributed by atoms with Gasteiger partial charge in [0.25, 0.3) is 0 Å². The fourth-order valence-corrected chi connectivity index (χ4v) is 2.80. The van der Waals surface area contributed by atoms with Crippen LogP contribution in [0.1, 0.15) is 18.4 Å². The van der Waals surface area contributed by atoms with Gasteiger partial charge in [0.05, 0.1) is 24.9 Å². The highest BCUT2D eigenvalue weighted by atomic mass is 32.1. The number of benzene rings is 1. The third kappa shape index (κ3) is 3.29. The lowest BCUT2D eigenvalue weighted by molar-refractivity contribution is 0.355. The van der Waals surface area contributed by atoms with E-state index in [0.717, 1.165) is 34.9 Å². The van der Waals surface area contributed by atoms with Gasteiger partial charge in [-0.1, -0.05) is 6.92 Å². The van der Waals surface area contributed by atoms with Crippen LogP contribution in [0.15, 0.2) is 23.6 Å². The van der Waals surface area contributed by atoms with Crippen molar-refractivity contribution in [3.63, 3.8) is 0 Å². The second-order valence-electron chi connectivity index (χ2n) is 4.57. The Morgan fingerprint density at radius 3 is 2.65 bits per heavy atom. The quantitative estimate of drug-likeness (QED) is 0.889. The minimum atomic E-state index is 0.180. The van der Waals surface area contributed by atoms with Gasteiger partial charge in [-0.05, 0) is 24.6 Å². The van der Waals surface area contributed by atoms with Gasteiger partial charge in [0.2, 0.25) is 0 Å². The maximum absolute atomic E-state index is 5.97. The first-order chi connectivity index (χ1) is 9.67. The summed E-state index contributed by atoms with van der Waals surface area (Å²) in [5.41, 5.74) is 7.94. The van der Waals surface area contributed by atoms with Crippen LogP contribution in [0.4, 0.5) is 0 Å². The Labute approximate surface area is 123 Å². The van der Waals surface area contributed by atoms with Crippen LogP contribution in [-0.4, -0.2) is 25.2 Å². The molecule has 2 rings (SSSR count). The Bertz CT molecular complexity index is 569. The van der Waals surface area contributed by atoms with Crippen molar-refractivity contribution < 1.29 is 9.47 Å². The first-order valence-corrected chi connectivity index (χ1v) is 7.48. The van der Waals surface area contributed by atoms with Gasteiger partial charge >= 0.3 is 0 Å². The van der Waals surface area contributed by atoms with Crippen molar-refractivity contribution in [1.29, 1.82) is 0 Å². The lowest BCUT2D eigenvalue weighted by Crippen LogP contribution is -2.21. The summed E-state index contributed by atoms with van der Waals surface area (Å²) >= 11 is 1.65. The van der Waals surface area contributed by atoms with Crippen LogP contribution in [0, 0.1) is 0 Å². The van der Waals surface area contributed by atoms with E-state index in [4.69, 9.17) is 15.2 Å². The molecule has 0 aliphatic heterocycles. The number of rotatable bonds is 6. The molecule has 0 saturated carbocycles. The van der Waals surface area contributed by atoms with Crippen LogP contribution in [0.2, 0.25) is 0 Å². The van der Waals surface area contributed by atoms with Gasteiger partial charge in [-0.2, -0.15) is 0 Å². The van der Waals surface area contributed by atoms with Gasteiger partial charge in [0, 0.05) is 23.4 Å². The summed E-state index contributed by atoms with van der Waals surface area (Å²) in [7, 11) is 3.26. The van der Waals surface area contributed by atoms with Gasteiger partial charge in [0.15, 0.2) is 11.5 Å². The summed E-state index contributed by atoms with van der Waals surface area (Å²) < 4.78 is 10.6. The van der Waals surface area contributed by atoms with E-state index in [1.807, 2.05) is 18.2 Å². The Balaban J connectivity index is 2.23. The number of nitrogens with zero attached hydrogens (tertiary/aromatic N) is 1. The first-order valence-electron chi connectivity index (χ1n) is 6.60. The Kier molecular flexibility index (Phi) is 4.98. The second kappa shape index (κ2) is 6.72. The number of methoxy groups -OCH3 is 2. The molecule has 0 amide bonds. The van der Waals surface area contributed by atoms with E-state index in [-0.39, 0.29) is 6.04 Å². The molecule has 20 heavy (non-hydrogen) atoms. The molecule has 0 aliphatic carbocycles. The molecule has 0 spiro atoms. The van der Waals surface area contributed by atoms with Crippen molar-refractivity contribution in [2.45, 2.75) is 25.8 Å². The first kappa shape index (κ1) is 14.8. The third-order valence-corrected chi connectivity index (χ3v) is 4.06. The van der Waals surface area contributed by atoms with Gasteiger partial charge < -0.3 is 15.2 Å². The van der Waals surface area contributed by atoms with E-state index in [1.165, 1.54) is 0 Å². The topological polar surface area (TPSA) is 57.4 Å². The molecule has 0 aliphatic rings. The number of aromatic nitrogens is 1. The average molecular weight is 292 g/mol. The molecular weight excluding hydrogens is 272 g/mol. The molecule has 0 radical (unpaired) electrons. The molecule has 4 nitrogen and oxygen atoms in total. The lowest BCUT2D eigenvalue weighted by atomic mass is 10.1. The van der Waals surface area contributed by atoms with Crippen LogP contribution in [0.25, 0.3) is 11.3 Å². The molecule has 1 aromatic carbocycles. The van der Waals surface area contributed by atoms with Gasteiger partial charge in [-0.3, -0.25) is 0 Å². The van der Waals surface area contributed by atoms with Crippen molar-refractivity contribution in [1.82, 2.24) is 4.98 Å². The number of hydrogen-bond donors (Lipinski definition) is 1. The van der Waals surface area contributed by atoms with Crippen LogP contribution >= 0.6 is 11.3 Å². The van der Waals surface area contributed by atoms with E-state index in [0.29, 0.717) is 5.75 Å². The number of ether oxygens (including phenoxy) is 2. The molecule has 1 heterocycles. The number of thiazole rings is 1. The van der Waals surface area contributed by atoms with Crippen LogP contribution in [0.3, 0.4) is 0 Å². The molecule has 5 heteroatoms. The molecule has 0 fully saturated rings. The molecule has 1 aromatic heterocycles. The minimum absolute atomic E-state index is 0.180. The summed E-state index contributed by atoms with van der Waals surface area (Å²) in [6.45, 7) is 2.09. The van der Waals surface area contributed by atoms with E-state index in [2.05, 4.69) is 17.3 Å². The highest BCUT2D eigenvalue weighted by molar-refractivity contribution is 7.09. The van der Waals surface area contributed by atoms with E-state index >= 15 is 0 Å². The van der Waals surface area contributed by atoms with Crippen LogP contribution in [-0.2, 0) is 6.42 Å². The highest BCUT2D eigenvalue weighted by Crippen LogP contribution is 2.32. The largest absolute Gasteiger partial charge is 0.493 e. The molecule has 2 aromatic rings. The third-order valence-electron chi connectivity index (χ3n) is 3.19. The zero-order chi connectivity index (χ0) is 14.5. The maximum atomic E-state index is 5.97. The molecule has 0 bridgehead atoms. The molecule has 0 saturated heterocycles. The van der Waals surface area contributed by atoms with Crippen molar-refractivity contribution >= 4 is 11.3 Å². The second-order valence-corrected chi connectivity index (χ2v) is 5.51. The summed E-state index contributed by atoms with van der Waals surface area (Å²) in [4.78, 5) is 4.64. The molecule has 1 atom stereocenters. The standard InChI is InChI=1S/C15H20N2O2S/c1-4-11(16)8-15-17-12(9-20-15)10-5-6-13(18-2)14(7-10)19-3/h5-7,9,11H,4,8,16H2,1-3H3. The van der Waals surface area contributed by atoms with E-state index in [1.54, 1.807) is 25.6 Å². The number of nitrogens with two attached hydrogens (primary N) is 1. The maximum Gasteiger partial charge on any atom is 0.161 e. The van der Waals surface area contributed by atoms with Crippen LogP contribution < -0.4 is 15.2 Å². The summed E-state index contributed by atoms with van der Waals surface area (Å²) in [5.74, 6) is 1.43. The van der Waals surface area contributed by atoms with Crippen molar-refractivity contribution in [3.8, 4) is 22.8 Å². The highest BCUT2D eigenvalue weighted by Gasteiger charge is 2.10. The molecule has 2 N–H and O–H groups in total. The van der Waals surface area contributed by atoms with Crippen LogP contribution in [0.5, 0.6) is 11.5 Å². The summed E-state index contributed by atoms with van der Waals surface area (Å²) in [6.07, 6.45) is 1.79. The summed E-state index contributed by atoms with van der Waals surface area (Å²) in [6, 6.07) is 6.00. The normalized spacial score (nSPS) is 12.2. The molecular formula is C15H20N2O2S. The predicted molar refractivity (Wildman–Crippen MR) is 82.6 cm³/mol. The fourth-order valence-electron chi connectivity index (χ4n) is 1.90. The van der Waals surface area contributed by atoms with Gasteiger partial charge in [-0.25, -0.2) is 4.98 Å². The fraction of sp³-hybridized carbons (Fsp3) is 0.400. The monoisotopic (exact) mass is 292 g/mol. The van der Waals surface area contributed by atoms with Gasteiger partial charge in [0.1, 0.15) is 0 Å². The minimum Gasteiger partial charge on any atom is -0.493 e. The lowest BCUT2D eigenvalue weighted by Gasteiger charge is -2.08. The molecule has 1 unspecified atom stereocenters. The smallest absolute Gasteiger partial charge is 0.161 e. The van der Waals surface area contributed by atoms with E-state index in [9.17, 15) is 0 Å². The Hall–Kier alpha value is -1.59. The Morgan fingerprint density at radius 1 is 1.25 bits per heavy atom. The van der Waals surface area contributed by atoms with Crippen molar-refractivity contribution in [3.05, 3.63) is 28.6 Å². The number of hydrogen-bond acceptors (Lipinski definition) is 5. The predicted octanol–water partition coefficient (Wildman–Crippen LogP) is 3.11. The SMILES string of the molecule is CCC(N)Cc1nc(-c2ccc(OC)c(OC)c2)cs1. The van der Waals surface area contributed by atoms with Crippen molar-refractivity contribution in [2.24, 2.45) is 5.73 Å². The zero-order valence-corrected chi connectivity index (χ0v) is 12.9. The Morgan fingerprint density at radius 2 is 2.00 bits per heavy atom.